The molecular formula is C15H13ClN2O2S. The molecule has 0 unspecified atom stereocenters. The van der Waals surface area contributed by atoms with Crippen molar-refractivity contribution in [1.29, 1.82) is 5.26 Å². The molecular weight excluding hydrogens is 308 g/mol. The van der Waals surface area contributed by atoms with Gasteiger partial charge in [-0.25, -0.2) is 13.1 Å². The van der Waals surface area contributed by atoms with E-state index in [0.717, 1.165) is 11.1 Å². The van der Waals surface area contributed by atoms with E-state index in [9.17, 15) is 8.42 Å². The largest absolute Gasteiger partial charge is 0.240 e. The van der Waals surface area contributed by atoms with Crippen LogP contribution in [0.2, 0.25) is 5.02 Å². The Bertz CT molecular complexity index is 793. The van der Waals surface area contributed by atoms with Gasteiger partial charge in [-0.2, -0.15) is 5.26 Å². The number of halogens is 1. The van der Waals surface area contributed by atoms with Gasteiger partial charge in [0.15, 0.2) is 0 Å². The Morgan fingerprint density at radius 3 is 2.43 bits per heavy atom. The molecule has 2 rings (SSSR count). The van der Waals surface area contributed by atoms with Crippen molar-refractivity contribution in [3.8, 4) is 6.07 Å². The Kier molecular flexibility index (Phi) is 4.63. The second-order valence-corrected chi connectivity index (χ2v) is 6.73. The predicted molar refractivity (Wildman–Crippen MR) is 81.4 cm³/mol. The quantitative estimate of drug-likeness (QED) is 0.941. The first-order chi connectivity index (χ1) is 9.92. The summed E-state index contributed by atoms with van der Waals surface area (Å²) >= 11 is 5.87. The number of nitriles is 1. The molecule has 0 radical (unpaired) electrons. The summed E-state index contributed by atoms with van der Waals surface area (Å²) in [6.45, 7) is 2.06. The van der Waals surface area contributed by atoms with Gasteiger partial charge in [-0.1, -0.05) is 17.7 Å². The molecule has 0 heterocycles. The Hall–Kier alpha value is -1.87. The van der Waals surface area contributed by atoms with E-state index in [-0.39, 0.29) is 11.4 Å². The van der Waals surface area contributed by atoms with Gasteiger partial charge >= 0.3 is 0 Å². The summed E-state index contributed by atoms with van der Waals surface area (Å²) in [5, 5.41) is 9.33. The van der Waals surface area contributed by atoms with Crippen LogP contribution in [0.1, 0.15) is 16.7 Å². The number of nitrogens with zero attached hydrogens (tertiary/aromatic N) is 1. The van der Waals surface area contributed by atoms with Crippen molar-refractivity contribution in [3.63, 3.8) is 0 Å². The normalized spacial score (nSPS) is 11.1. The fourth-order valence-electron chi connectivity index (χ4n) is 1.82. The van der Waals surface area contributed by atoms with E-state index in [2.05, 4.69) is 4.72 Å². The summed E-state index contributed by atoms with van der Waals surface area (Å²) < 4.78 is 26.9. The molecule has 0 atom stereocenters. The van der Waals surface area contributed by atoms with Crippen LogP contribution >= 0.6 is 11.6 Å². The van der Waals surface area contributed by atoms with Crippen molar-refractivity contribution in [2.75, 3.05) is 0 Å². The van der Waals surface area contributed by atoms with Crippen molar-refractivity contribution in [2.45, 2.75) is 18.4 Å². The minimum absolute atomic E-state index is 0.133. The SMILES string of the molecule is Cc1cc(Cl)ccc1CNS(=O)(=O)c1ccc(C#N)cc1. The van der Waals surface area contributed by atoms with Gasteiger partial charge < -0.3 is 0 Å². The topological polar surface area (TPSA) is 70.0 Å². The lowest BCUT2D eigenvalue weighted by molar-refractivity contribution is 0.581. The molecule has 0 aliphatic carbocycles. The molecule has 108 valence electrons. The van der Waals surface area contributed by atoms with E-state index in [1.54, 1.807) is 18.2 Å². The zero-order chi connectivity index (χ0) is 15.5. The lowest BCUT2D eigenvalue weighted by Gasteiger charge is -2.09. The maximum Gasteiger partial charge on any atom is 0.240 e. The van der Waals surface area contributed by atoms with E-state index in [1.807, 2.05) is 13.0 Å². The molecule has 4 nitrogen and oxygen atoms in total. The standard InChI is InChI=1S/C15H13ClN2O2S/c1-11-8-14(16)5-4-13(11)10-18-21(19,20)15-6-2-12(9-17)3-7-15/h2-8,18H,10H2,1H3. The Labute approximate surface area is 129 Å². The van der Waals surface area contributed by atoms with Crippen LogP contribution in [0.25, 0.3) is 0 Å². The van der Waals surface area contributed by atoms with Gasteiger partial charge in [0.05, 0.1) is 16.5 Å². The fourth-order valence-corrected chi connectivity index (χ4v) is 3.06. The molecule has 0 saturated heterocycles. The number of aryl methyl sites for hydroxylation is 1. The number of rotatable bonds is 4. The maximum atomic E-state index is 12.2. The summed E-state index contributed by atoms with van der Waals surface area (Å²) in [4.78, 5) is 0.133. The monoisotopic (exact) mass is 320 g/mol. The first kappa shape index (κ1) is 15.5. The molecule has 0 aromatic heterocycles. The van der Waals surface area contributed by atoms with Gasteiger partial charge in [0.1, 0.15) is 0 Å². The zero-order valence-electron chi connectivity index (χ0n) is 11.3. The first-order valence-electron chi connectivity index (χ1n) is 6.17. The summed E-state index contributed by atoms with van der Waals surface area (Å²) in [7, 11) is -3.60. The average molecular weight is 321 g/mol. The number of benzene rings is 2. The molecule has 2 aromatic rings. The van der Waals surface area contributed by atoms with Crippen molar-refractivity contribution in [3.05, 3.63) is 64.2 Å². The van der Waals surface area contributed by atoms with E-state index >= 15 is 0 Å². The number of sulfonamides is 1. The van der Waals surface area contributed by atoms with E-state index in [0.29, 0.717) is 10.6 Å². The summed E-state index contributed by atoms with van der Waals surface area (Å²) in [6.07, 6.45) is 0. The molecule has 0 spiro atoms. The van der Waals surface area contributed by atoms with Crippen LogP contribution in [0.4, 0.5) is 0 Å². The molecule has 1 N–H and O–H groups in total. The lowest BCUT2D eigenvalue weighted by atomic mass is 10.1. The maximum absolute atomic E-state index is 12.2. The molecule has 0 aliphatic rings. The third kappa shape index (κ3) is 3.82. The lowest BCUT2D eigenvalue weighted by Crippen LogP contribution is -2.23. The van der Waals surface area contributed by atoms with E-state index in [1.165, 1.54) is 24.3 Å². The molecule has 0 bridgehead atoms. The highest BCUT2D eigenvalue weighted by molar-refractivity contribution is 7.89. The average Bonchev–Trinajstić information content (AvgIpc) is 2.46. The van der Waals surface area contributed by atoms with Crippen LogP contribution < -0.4 is 4.72 Å². The Morgan fingerprint density at radius 2 is 1.86 bits per heavy atom. The van der Waals surface area contributed by atoms with Gasteiger partial charge in [0.25, 0.3) is 0 Å². The molecule has 6 heteroatoms. The van der Waals surface area contributed by atoms with Crippen LogP contribution in [-0.4, -0.2) is 8.42 Å². The van der Waals surface area contributed by atoms with Crippen LogP contribution in [0.5, 0.6) is 0 Å². The van der Waals surface area contributed by atoms with Crippen LogP contribution in [0.3, 0.4) is 0 Å². The molecule has 0 saturated carbocycles. The highest BCUT2D eigenvalue weighted by atomic mass is 35.5. The van der Waals surface area contributed by atoms with Crippen LogP contribution in [0.15, 0.2) is 47.4 Å². The zero-order valence-corrected chi connectivity index (χ0v) is 12.9. The fraction of sp³-hybridized carbons (Fsp3) is 0.133. The Morgan fingerprint density at radius 1 is 1.19 bits per heavy atom. The van der Waals surface area contributed by atoms with Crippen molar-refractivity contribution in [2.24, 2.45) is 0 Å². The van der Waals surface area contributed by atoms with Gasteiger partial charge in [0, 0.05) is 11.6 Å². The number of hydrogen-bond donors (Lipinski definition) is 1. The highest BCUT2D eigenvalue weighted by Crippen LogP contribution is 2.16. The second-order valence-electron chi connectivity index (χ2n) is 4.53. The van der Waals surface area contributed by atoms with Gasteiger partial charge in [-0.15, -0.1) is 0 Å². The second kappa shape index (κ2) is 6.27. The first-order valence-corrected chi connectivity index (χ1v) is 8.03. The molecule has 2 aromatic carbocycles. The number of hydrogen-bond acceptors (Lipinski definition) is 3. The third-order valence-corrected chi connectivity index (χ3v) is 4.70. The molecule has 0 aliphatic heterocycles. The van der Waals surface area contributed by atoms with Crippen LogP contribution in [0, 0.1) is 18.3 Å². The molecule has 0 fully saturated rings. The predicted octanol–water partition coefficient (Wildman–Crippen LogP) is 3.00. The minimum Gasteiger partial charge on any atom is -0.207 e. The summed E-state index contributed by atoms with van der Waals surface area (Å²) in [5.74, 6) is 0. The highest BCUT2D eigenvalue weighted by Gasteiger charge is 2.14. The van der Waals surface area contributed by atoms with E-state index in [4.69, 9.17) is 16.9 Å². The van der Waals surface area contributed by atoms with Crippen molar-refractivity contribution < 1.29 is 8.42 Å². The molecule has 21 heavy (non-hydrogen) atoms. The van der Waals surface area contributed by atoms with Crippen molar-refractivity contribution in [1.82, 2.24) is 4.72 Å². The smallest absolute Gasteiger partial charge is 0.207 e. The van der Waals surface area contributed by atoms with Gasteiger partial charge in [-0.05, 0) is 54.4 Å². The molecule has 0 amide bonds. The summed E-state index contributed by atoms with van der Waals surface area (Å²) in [6, 6.07) is 13.0. The van der Waals surface area contributed by atoms with Crippen LogP contribution in [-0.2, 0) is 16.6 Å². The van der Waals surface area contributed by atoms with Gasteiger partial charge in [-0.3, -0.25) is 0 Å². The van der Waals surface area contributed by atoms with Gasteiger partial charge in [0.2, 0.25) is 10.0 Å². The minimum atomic E-state index is -3.60. The van der Waals surface area contributed by atoms with Crippen molar-refractivity contribution >= 4 is 21.6 Å². The Balaban J connectivity index is 2.15. The number of nitrogens with one attached hydrogen (secondary N) is 1. The third-order valence-electron chi connectivity index (χ3n) is 3.05. The summed E-state index contributed by atoms with van der Waals surface area (Å²) in [5.41, 5.74) is 2.20. The van der Waals surface area contributed by atoms with E-state index < -0.39 is 10.0 Å².